The highest BCUT2D eigenvalue weighted by Gasteiger charge is 2.19. The maximum Gasteiger partial charge on any atom is 0.126 e. The zero-order valence-corrected chi connectivity index (χ0v) is 17.7. The molecule has 3 N–H and O–H groups in total. The largest absolute Gasteiger partial charge is 0.489 e. The summed E-state index contributed by atoms with van der Waals surface area (Å²) < 4.78 is 32.5. The van der Waals surface area contributed by atoms with E-state index in [1.165, 1.54) is 12.1 Å². The topological polar surface area (TPSA) is 60.2 Å². The van der Waals surface area contributed by atoms with Crippen LogP contribution >= 0.6 is 11.6 Å². The Morgan fingerprint density at radius 3 is 2.52 bits per heavy atom. The van der Waals surface area contributed by atoms with Crippen molar-refractivity contribution in [3.05, 3.63) is 76.9 Å². The molecule has 0 radical (unpaired) electrons. The number of benzene rings is 2. The summed E-state index contributed by atoms with van der Waals surface area (Å²) in [4.78, 5) is 4.42. The number of anilines is 1. The molecule has 1 aromatic heterocycles. The Hall–Kier alpha value is -2.70. The smallest absolute Gasteiger partial charge is 0.126 e. The lowest BCUT2D eigenvalue weighted by Gasteiger charge is -2.27. The number of pyridine rings is 1. The number of nitrogens with one attached hydrogen (secondary N) is 1. The molecule has 3 aromatic rings. The predicted molar refractivity (Wildman–Crippen MR) is 119 cm³/mol. The van der Waals surface area contributed by atoms with E-state index in [1.54, 1.807) is 12.3 Å². The maximum absolute atomic E-state index is 13.4. The number of rotatable bonds is 6. The second kappa shape index (κ2) is 9.62. The first-order chi connectivity index (χ1) is 15.0. The first-order valence-electron chi connectivity index (χ1n) is 10.3. The minimum atomic E-state index is -0.629. The van der Waals surface area contributed by atoms with Crippen LogP contribution < -0.4 is 15.8 Å². The van der Waals surface area contributed by atoms with E-state index in [0.29, 0.717) is 28.4 Å². The van der Waals surface area contributed by atoms with Crippen molar-refractivity contribution in [2.24, 2.45) is 5.73 Å². The van der Waals surface area contributed by atoms with Crippen LogP contribution in [0.5, 0.6) is 5.75 Å². The lowest BCUT2D eigenvalue weighted by Crippen LogP contribution is -2.33. The fourth-order valence-corrected chi connectivity index (χ4v) is 4.04. The third-order valence-corrected chi connectivity index (χ3v) is 5.75. The summed E-state index contributed by atoms with van der Waals surface area (Å²) in [6.07, 6.45) is 5.69. The van der Waals surface area contributed by atoms with Gasteiger partial charge in [0.05, 0.1) is 5.02 Å². The van der Waals surface area contributed by atoms with Crippen molar-refractivity contribution in [3.8, 4) is 16.9 Å². The van der Waals surface area contributed by atoms with E-state index in [0.717, 1.165) is 48.7 Å². The molecular formula is C24H24ClF2N3O. The molecule has 1 aliphatic carbocycles. The monoisotopic (exact) mass is 443 g/mol. The average Bonchev–Trinajstić information content (AvgIpc) is 2.75. The van der Waals surface area contributed by atoms with E-state index in [-0.39, 0.29) is 6.61 Å². The zero-order chi connectivity index (χ0) is 21.8. The third-order valence-electron chi connectivity index (χ3n) is 5.45. The molecule has 1 aliphatic rings. The van der Waals surface area contributed by atoms with Gasteiger partial charge in [0.25, 0.3) is 0 Å². The van der Waals surface area contributed by atoms with Crippen LogP contribution in [0.4, 0.5) is 14.6 Å². The summed E-state index contributed by atoms with van der Waals surface area (Å²) in [6.45, 7) is 0.0544. The lowest BCUT2D eigenvalue weighted by atomic mass is 9.92. The molecule has 31 heavy (non-hydrogen) atoms. The Bertz CT molecular complexity index is 1030. The number of hydrogen-bond acceptors (Lipinski definition) is 4. The number of ether oxygens (including phenoxy) is 1. The number of halogens is 3. The zero-order valence-electron chi connectivity index (χ0n) is 17.0. The Balaban J connectivity index is 1.48. The molecule has 2 aromatic carbocycles. The molecule has 0 bridgehead atoms. The van der Waals surface area contributed by atoms with Crippen molar-refractivity contribution in [3.63, 3.8) is 0 Å². The fourth-order valence-electron chi connectivity index (χ4n) is 3.83. The molecule has 162 valence electrons. The second-order valence-electron chi connectivity index (χ2n) is 7.90. The molecule has 0 unspecified atom stereocenters. The van der Waals surface area contributed by atoms with Gasteiger partial charge in [0.15, 0.2) is 0 Å². The van der Waals surface area contributed by atoms with Gasteiger partial charge < -0.3 is 15.8 Å². The van der Waals surface area contributed by atoms with Gasteiger partial charge in [-0.05, 0) is 67.1 Å². The number of nitrogens with two attached hydrogens (primary N) is 1. The van der Waals surface area contributed by atoms with Crippen molar-refractivity contribution in [1.29, 1.82) is 0 Å². The molecule has 4 nitrogen and oxygen atoms in total. The van der Waals surface area contributed by atoms with Crippen LogP contribution in [-0.4, -0.2) is 17.1 Å². The van der Waals surface area contributed by atoms with E-state index in [4.69, 9.17) is 22.1 Å². The molecular weight excluding hydrogens is 420 g/mol. The van der Waals surface area contributed by atoms with E-state index in [2.05, 4.69) is 10.3 Å². The Morgan fingerprint density at radius 1 is 1.03 bits per heavy atom. The highest BCUT2D eigenvalue weighted by atomic mass is 35.5. The van der Waals surface area contributed by atoms with E-state index in [9.17, 15) is 8.78 Å². The van der Waals surface area contributed by atoms with Gasteiger partial charge in [-0.15, -0.1) is 0 Å². The number of aromatic nitrogens is 1. The van der Waals surface area contributed by atoms with Crippen LogP contribution in [-0.2, 0) is 6.61 Å². The van der Waals surface area contributed by atoms with Gasteiger partial charge in [0.1, 0.15) is 29.8 Å². The summed E-state index contributed by atoms with van der Waals surface area (Å²) in [7, 11) is 0. The molecule has 0 amide bonds. The molecule has 0 atom stereocenters. The number of nitrogens with zero attached hydrogens (tertiary/aromatic N) is 1. The van der Waals surface area contributed by atoms with Crippen LogP contribution in [0.25, 0.3) is 11.1 Å². The molecule has 7 heteroatoms. The van der Waals surface area contributed by atoms with Crippen molar-refractivity contribution in [1.82, 2.24) is 4.98 Å². The molecule has 1 heterocycles. The second-order valence-corrected chi connectivity index (χ2v) is 8.31. The molecule has 0 spiro atoms. The predicted octanol–water partition coefficient (Wildman–Crippen LogP) is 5.94. The minimum Gasteiger partial charge on any atom is -0.489 e. The van der Waals surface area contributed by atoms with Crippen molar-refractivity contribution in [2.75, 3.05) is 5.32 Å². The SMILES string of the molecule is N[C@H]1CC[C@H](Nc2cc(-c3cccc(OCc4cc(F)cc(F)c4)c3)c(Cl)cn2)CC1. The molecule has 4 rings (SSSR count). The van der Waals surface area contributed by atoms with Crippen LogP contribution in [0.15, 0.2) is 54.7 Å². The van der Waals surface area contributed by atoms with Crippen LogP contribution in [0.3, 0.4) is 0 Å². The standard InChI is InChI=1S/C24H24ClF2N3O/c25-23-13-29-24(30-20-6-4-19(28)5-7-20)12-22(23)16-2-1-3-21(10-16)31-14-15-8-17(26)11-18(27)9-15/h1-3,8-13,19-20H,4-7,14,28H2,(H,29,30)/t19-,20-. The Labute approximate surface area is 185 Å². The first-order valence-corrected chi connectivity index (χ1v) is 10.7. The quantitative estimate of drug-likeness (QED) is 0.495. The van der Waals surface area contributed by atoms with Crippen LogP contribution in [0, 0.1) is 11.6 Å². The highest BCUT2D eigenvalue weighted by molar-refractivity contribution is 6.33. The van der Waals surface area contributed by atoms with Gasteiger partial charge >= 0.3 is 0 Å². The first kappa shape index (κ1) is 21.5. The van der Waals surface area contributed by atoms with Gasteiger partial charge in [-0.2, -0.15) is 0 Å². The van der Waals surface area contributed by atoms with E-state index in [1.807, 2.05) is 24.3 Å². The molecule has 1 fully saturated rings. The third kappa shape index (κ3) is 5.71. The summed E-state index contributed by atoms with van der Waals surface area (Å²) in [6, 6.07) is 13.3. The summed E-state index contributed by atoms with van der Waals surface area (Å²) in [5.74, 6) is 0.0825. The van der Waals surface area contributed by atoms with Gasteiger partial charge in [-0.3, -0.25) is 0 Å². The van der Waals surface area contributed by atoms with Crippen molar-refractivity contribution < 1.29 is 13.5 Å². The van der Waals surface area contributed by atoms with E-state index >= 15 is 0 Å². The van der Waals surface area contributed by atoms with Gasteiger partial charge in [0.2, 0.25) is 0 Å². The minimum absolute atomic E-state index is 0.0544. The number of hydrogen-bond donors (Lipinski definition) is 2. The Morgan fingerprint density at radius 2 is 1.77 bits per heavy atom. The normalized spacial score (nSPS) is 18.6. The summed E-state index contributed by atoms with van der Waals surface area (Å²) >= 11 is 6.42. The highest BCUT2D eigenvalue weighted by Crippen LogP contribution is 2.32. The van der Waals surface area contributed by atoms with Crippen molar-refractivity contribution >= 4 is 17.4 Å². The van der Waals surface area contributed by atoms with E-state index < -0.39 is 11.6 Å². The van der Waals surface area contributed by atoms with Crippen molar-refractivity contribution in [2.45, 2.75) is 44.4 Å². The van der Waals surface area contributed by atoms with Gasteiger partial charge in [-0.25, -0.2) is 13.8 Å². The molecule has 1 saturated carbocycles. The van der Waals surface area contributed by atoms with Gasteiger partial charge in [0, 0.05) is 29.9 Å². The summed E-state index contributed by atoms with van der Waals surface area (Å²) in [5, 5.41) is 4.01. The Kier molecular flexibility index (Phi) is 6.68. The average molecular weight is 444 g/mol. The van der Waals surface area contributed by atoms with Crippen LogP contribution in [0.1, 0.15) is 31.2 Å². The lowest BCUT2D eigenvalue weighted by molar-refractivity contribution is 0.305. The molecule has 0 saturated heterocycles. The van der Waals surface area contributed by atoms with Gasteiger partial charge in [-0.1, -0.05) is 23.7 Å². The van der Waals surface area contributed by atoms with Crippen LogP contribution in [0.2, 0.25) is 5.02 Å². The fraction of sp³-hybridized carbons (Fsp3) is 0.292. The summed E-state index contributed by atoms with van der Waals surface area (Å²) in [5.41, 5.74) is 8.10. The maximum atomic E-state index is 13.4. The molecule has 0 aliphatic heterocycles.